The fraction of sp³-hybridized carbons (Fsp3) is 0.143. The number of alkyl halides is 1. The summed E-state index contributed by atoms with van der Waals surface area (Å²) in [6.45, 7) is 3.40. The van der Waals surface area contributed by atoms with Gasteiger partial charge in [-0.25, -0.2) is 0 Å². The van der Waals surface area contributed by atoms with Gasteiger partial charge in [0, 0.05) is 5.88 Å². The molecule has 0 saturated carbocycles. The second-order valence-corrected chi connectivity index (χ2v) is 2.20. The second kappa shape index (κ2) is 6.22. The van der Waals surface area contributed by atoms with E-state index < -0.39 is 7.12 Å². The molecule has 0 fully saturated rings. The lowest BCUT2D eigenvalue weighted by Gasteiger charge is -1.92. The third-order valence-electron chi connectivity index (χ3n) is 0.978. The Morgan fingerprint density at radius 2 is 2.09 bits per heavy atom. The summed E-state index contributed by atoms with van der Waals surface area (Å²) in [4.78, 5) is 0. The van der Waals surface area contributed by atoms with Crippen LogP contribution in [0.3, 0.4) is 0 Å². The van der Waals surface area contributed by atoms with Crippen LogP contribution in [0.4, 0.5) is 0 Å². The Kier molecular flexibility index (Phi) is 5.94. The van der Waals surface area contributed by atoms with Crippen molar-refractivity contribution < 1.29 is 10.0 Å². The van der Waals surface area contributed by atoms with Crippen molar-refractivity contribution in [3.63, 3.8) is 0 Å². The molecule has 0 bridgehead atoms. The Labute approximate surface area is 71.6 Å². The Hall–Kier alpha value is -0.505. The fourth-order valence-electron chi connectivity index (χ4n) is 0.395. The minimum Gasteiger partial charge on any atom is -0.423 e. The zero-order valence-corrected chi connectivity index (χ0v) is 6.83. The van der Waals surface area contributed by atoms with E-state index >= 15 is 0 Å². The first kappa shape index (κ1) is 10.5. The van der Waals surface area contributed by atoms with E-state index in [1.165, 1.54) is 6.08 Å². The lowest BCUT2D eigenvalue weighted by atomic mass is 9.80. The zero-order chi connectivity index (χ0) is 8.69. The molecule has 0 radical (unpaired) electrons. The van der Waals surface area contributed by atoms with E-state index in [-0.39, 0.29) is 5.47 Å². The summed E-state index contributed by atoms with van der Waals surface area (Å²) in [7, 11) is -1.48. The molecule has 0 heterocycles. The smallest absolute Gasteiger partial charge is 0.423 e. The molecule has 0 aliphatic heterocycles. The summed E-state index contributed by atoms with van der Waals surface area (Å²) in [6.07, 6.45) is 6.59. The van der Waals surface area contributed by atoms with Crippen molar-refractivity contribution in [2.75, 3.05) is 5.88 Å². The van der Waals surface area contributed by atoms with E-state index in [1.807, 2.05) is 0 Å². The van der Waals surface area contributed by atoms with Gasteiger partial charge in [0.2, 0.25) is 0 Å². The number of allylic oxidation sites excluding steroid dienone is 5. The summed E-state index contributed by atoms with van der Waals surface area (Å²) in [6, 6.07) is 0. The maximum absolute atomic E-state index is 8.53. The molecule has 0 atom stereocenters. The highest BCUT2D eigenvalue weighted by Crippen LogP contribution is 1.94. The van der Waals surface area contributed by atoms with Crippen molar-refractivity contribution in [2.24, 2.45) is 0 Å². The molecule has 0 amide bonds. The number of rotatable bonds is 4. The molecule has 0 saturated heterocycles. The van der Waals surface area contributed by atoms with Crippen molar-refractivity contribution in [1.82, 2.24) is 0 Å². The minimum absolute atomic E-state index is 0.254. The Morgan fingerprint density at radius 1 is 1.45 bits per heavy atom. The maximum Gasteiger partial charge on any atom is 0.487 e. The molecule has 60 valence electrons. The number of hydrogen-bond acceptors (Lipinski definition) is 2. The van der Waals surface area contributed by atoms with E-state index in [0.29, 0.717) is 5.88 Å². The van der Waals surface area contributed by atoms with Gasteiger partial charge in [0.1, 0.15) is 0 Å². The third-order valence-corrected chi connectivity index (χ3v) is 1.16. The molecule has 0 unspecified atom stereocenters. The van der Waals surface area contributed by atoms with Gasteiger partial charge in [0.15, 0.2) is 0 Å². The maximum atomic E-state index is 8.53. The van der Waals surface area contributed by atoms with Crippen molar-refractivity contribution in [3.8, 4) is 0 Å². The average molecular weight is 172 g/mol. The first-order valence-electron chi connectivity index (χ1n) is 3.12. The van der Waals surface area contributed by atoms with Gasteiger partial charge >= 0.3 is 7.12 Å². The lowest BCUT2D eigenvalue weighted by Crippen LogP contribution is -2.12. The molecule has 4 heteroatoms. The van der Waals surface area contributed by atoms with Crippen molar-refractivity contribution in [1.29, 1.82) is 0 Å². The van der Waals surface area contributed by atoms with Gasteiger partial charge in [-0.1, -0.05) is 30.9 Å². The molecule has 0 aromatic rings. The largest absolute Gasteiger partial charge is 0.487 e. The SMILES string of the molecule is C=C(/C=C\C=C/CCl)B(O)O. The van der Waals surface area contributed by atoms with Crippen LogP contribution in [0.15, 0.2) is 36.4 Å². The molecule has 0 spiro atoms. The average Bonchev–Trinajstić information content (AvgIpc) is 1.97. The molecule has 0 aromatic carbocycles. The number of halogens is 1. The first-order valence-corrected chi connectivity index (χ1v) is 3.66. The van der Waals surface area contributed by atoms with Crippen LogP contribution in [-0.4, -0.2) is 23.0 Å². The van der Waals surface area contributed by atoms with E-state index in [0.717, 1.165) is 0 Å². The van der Waals surface area contributed by atoms with Crippen LogP contribution < -0.4 is 0 Å². The van der Waals surface area contributed by atoms with Crippen molar-refractivity contribution >= 4 is 18.7 Å². The summed E-state index contributed by atoms with van der Waals surface area (Å²) >= 11 is 5.34. The predicted molar refractivity (Wildman–Crippen MR) is 48.3 cm³/mol. The highest BCUT2D eigenvalue weighted by molar-refractivity contribution is 6.51. The van der Waals surface area contributed by atoms with Crippen LogP contribution in [0, 0.1) is 0 Å². The van der Waals surface area contributed by atoms with Crippen molar-refractivity contribution in [2.45, 2.75) is 0 Å². The molecular formula is C7H10BClO2. The van der Waals surface area contributed by atoms with Gasteiger partial charge in [0.25, 0.3) is 0 Å². The van der Waals surface area contributed by atoms with Gasteiger partial charge < -0.3 is 10.0 Å². The van der Waals surface area contributed by atoms with Gasteiger partial charge in [0.05, 0.1) is 0 Å². The Bertz CT molecular complexity index is 175. The molecule has 11 heavy (non-hydrogen) atoms. The molecule has 2 nitrogen and oxygen atoms in total. The van der Waals surface area contributed by atoms with Crippen LogP contribution in [0.25, 0.3) is 0 Å². The number of hydrogen-bond donors (Lipinski definition) is 2. The van der Waals surface area contributed by atoms with Crippen LogP contribution in [0.2, 0.25) is 0 Å². The Balaban J connectivity index is 3.74. The zero-order valence-electron chi connectivity index (χ0n) is 6.07. The van der Waals surface area contributed by atoms with Gasteiger partial charge in [-0.3, -0.25) is 0 Å². The van der Waals surface area contributed by atoms with Crippen LogP contribution in [-0.2, 0) is 0 Å². The summed E-state index contributed by atoms with van der Waals surface area (Å²) in [5.74, 6) is 0.443. The molecule has 0 aliphatic rings. The molecule has 0 aromatic heterocycles. The first-order chi connectivity index (χ1) is 5.18. The topological polar surface area (TPSA) is 40.5 Å². The quantitative estimate of drug-likeness (QED) is 0.376. The molecule has 2 N–H and O–H groups in total. The van der Waals surface area contributed by atoms with Crippen molar-refractivity contribution in [3.05, 3.63) is 36.4 Å². The van der Waals surface area contributed by atoms with Gasteiger partial charge in [-0.05, 0) is 5.47 Å². The predicted octanol–water partition coefficient (Wildman–Crippen LogP) is 0.906. The highest BCUT2D eigenvalue weighted by Gasteiger charge is 2.06. The van der Waals surface area contributed by atoms with Gasteiger partial charge in [-0.15, -0.1) is 11.6 Å². The molecule has 0 aliphatic carbocycles. The normalized spacial score (nSPS) is 11.2. The minimum atomic E-state index is -1.48. The molecule has 0 rings (SSSR count). The third kappa shape index (κ3) is 5.92. The van der Waals surface area contributed by atoms with E-state index in [2.05, 4.69) is 6.58 Å². The summed E-state index contributed by atoms with van der Waals surface area (Å²) in [5, 5.41) is 17.1. The van der Waals surface area contributed by atoms with E-state index in [9.17, 15) is 0 Å². The van der Waals surface area contributed by atoms with Crippen LogP contribution >= 0.6 is 11.6 Å². The van der Waals surface area contributed by atoms with Gasteiger partial charge in [-0.2, -0.15) is 0 Å². The summed E-state index contributed by atoms with van der Waals surface area (Å²) < 4.78 is 0. The van der Waals surface area contributed by atoms with Crippen LogP contribution in [0.1, 0.15) is 0 Å². The van der Waals surface area contributed by atoms with Crippen LogP contribution in [0.5, 0.6) is 0 Å². The second-order valence-electron chi connectivity index (χ2n) is 1.89. The highest BCUT2D eigenvalue weighted by atomic mass is 35.5. The Morgan fingerprint density at radius 3 is 2.55 bits per heavy atom. The van der Waals surface area contributed by atoms with E-state index in [1.54, 1.807) is 18.2 Å². The monoisotopic (exact) mass is 172 g/mol. The lowest BCUT2D eigenvalue weighted by molar-refractivity contribution is 0.421. The standard InChI is InChI=1S/C7H10BClO2/c1-7(8(10)11)5-3-2-4-6-9/h2-5,10-11H,1,6H2/b4-2-,5-3-. The van der Waals surface area contributed by atoms with E-state index in [4.69, 9.17) is 21.6 Å². The fourth-order valence-corrected chi connectivity index (χ4v) is 0.498. The summed E-state index contributed by atoms with van der Waals surface area (Å²) in [5.41, 5.74) is 0.254. The molecular weight excluding hydrogens is 162 g/mol.